The Bertz CT molecular complexity index is 640. The molecule has 0 spiro atoms. The first-order valence-electron chi connectivity index (χ1n) is 7.19. The third kappa shape index (κ3) is 3.07. The molecule has 0 aromatic heterocycles. The van der Waals surface area contributed by atoms with Gasteiger partial charge < -0.3 is 25.7 Å². The zero-order valence-corrected chi connectivity index (χ0v) is 12.1. The summed E-state index contributed by atoms with van der Waals surface area (Å²) in [4.78, 5) is 0. The second-order valence-electron chi connectivity index (χ2n) is 5.13. The number of phenolic OH excluding ortho intramolecular Hbond substituents is 4. The molecule has 0 heterocycles. The maximum atomic E-state index is 10.2. The Morgan fingerprint density at radius 3 is 2.19 bits per heavy atom. The van der Waals surface area contributed by atoms with Crippen LogP contribution < -0.4 is 5.32 Å². The van der Waals surface area contributed by atoms with E-state index in [1.165, 1.54) is 18.2 Å². The van der Waals surface area contributed by atoms with E-state index in [0.29, 0.717) is 12.2 Å². The van der Waals surface area contributed by atoms with Crippen LogP contribution in [0.4, 0.5) is 5.69 Å². The second-order valence-corrected chi connectivity index (χ2v) is 5.13. The van der Waals surface area contributed by atoms with Crippen molar-refractivity contribution in [2.45, 2.75) is 32.6 Å². The quantitative estimate of drug-likeness (QED) is 0.318. The van der Waals surface area contributed by atoms with E-state index in [1.807, 2.05) is 0 Å². The molecule has 0 fully saturated rings. The number of anilines is 1. The Labute approximate surface area is 123 Å². The normalized spacial score (nSPS) is 10.9. The number of hydrogen-bond acceptors (Lipinski definition) is 5. The van der Waals surface area contributed by atoms with E-state index in [0.717, 1.165) is 25.7 Å². The molecule has 0 aliphatic carbocycles. The highest BCUT2D eigenvalue weighted by atomic mass is 16.3. The summed E-state index contributed by atoms with van der Waals surface area (Å²) < 4.78 is 0. The van der Waals surface area contributed by atoms with Crippen molar-refractivity contribution in [2.24, 2.45) is 0 Å². The first kappa shape index (κ1) is 15.1. The van der Waals surface area contributed by atoms with Crippen molar-refractivity contribution < 1.29 is 20.4 Å². The number of rotatable bonds is 6. The molecular weight excluding hydrogens is 270 g/mol. The summed E-state index contributed by atoms with van der Waals surface area (Å²) >= 11 is 0. The summed E-state index contributed by atoms with van der Waals surface area (Å²) in [6.45, 7) is 2.80. The maximum Gasteiger partial charge on any atom is 0.150 e. The summed E-state index contributed by atoms with van der Waals surface area (Å²) in [6.07, 6.45) is 4.36. The molecule has 21 heavy (non-hydrogen) atoms. The van der Waals surface area contributed by atoms with E-state index in [-0.39, 0.29) is 33.8 Å². The summed E-state index contributed by atoms with van der Waals surface area (Å²) in [5, 5.41) is 43.0. The lowest BCUT2D eigenvalue weighted by molar-refractivity contribution is 0.448. The van der Waals surface area contributed by atoms with Gasteiger partial charge in [0.2, 0.25) is 0 Å². The fourth-order valence-corrected chi connectivity index (χ4v) is 2.40. The Morgan fingerprint density at radius 2 is 1.52 bits per heavy atom. The van der Waals surface area contributed by atoms with Gasteiger partial charge in [0, 0.05) is 12.6 Å². The monoisotopic (exact) mass is 291 g/mol. The molecule has 5 heteroatoms. The molecule has 0 bridgehead atoms. The van der Waals surface area contributed by atoms with Gasteiger partial charge in [-0.15, -0.1) is 0 Å². The lowest BCUT2D eigenvalue weighted by Crippen LogP contribution is -2.01. The van der Waals surface area contributed by atoms with Gasteiger partial charge >= 0.3 is 0 Å². The highest BCUT2D eigenvalue weighted by Crippen LogP contribution is 2.46. The first-order chi connectivity index (χ1) is 10.1. The van der Waals surface area contributed by atoms with Gasteiger partial charge in [-0.2, -0.15) is 0 Å². The van der Waals surface area contributed by atoms with Gasteiger partial charge in [-0.25, -0.2) is 0 Å². The van der Waals surface area contributed by atoms with E-state index in [1.54, 1.807) is 0 Å². The zero-order valence-electron chi connectivity index (χ0n) is 12.1. The Balaban J connectivity index is 2.30. The topological polar surface area (TPSA) is 93.0 Å². The number of benzene rings is 2. The van der Waals surface area contributed by atoms with Crippen LogP contribution in [-0.2, 0) is 0 Å². The summed E-state index contributed by atoms with van der Waals surface area (Å²) in [6, 6.07) is 3.91. The predicted molar refractivity (Wildman–Crippen MR) is 83.2 cm³/mol. The van der Waals surface area contributed by atoms with Gasteiger partial charge in [0.15, 0.2) is 5.75 Å². The van der Waals surface area contributed by atoms with Crippen molar-refractivity contribution in [2.75, 3.05) is 11.9 Å². The van der Waals surface area contributed by atoms with Crippen LogP contribution in [-0.4, -0.2) is 27.0 Å². The van der Waals surface area contributed by atoms with Crippen molar-refractivity contribution in [1.82, 2.24) is 0 Å². The van der Waals surface area contributed by atoms with Crippen molar-refractivity contribution in [3.8, 4) is 23.0 Å². The highest BCUT2D eigenvalue weighted by molar-refractivity contribution is 6.04. The average Bonchev–Trinajstić information content (AvgIpc) is 2.46. The highest BCUT2D eigenvalue weighted by Gasteiger charge is 2.17. The fraction of sp³-hybridized carbons (Fsp3) is 0.375. The Hall–Kier alpha value is -2.30. The number of nitrogens with one attached hydrogen (secondary N) is 1. The lowest BCUT2D eigenvalue weighted by atomic mass is 10.0. The molecule has 114 valence electrons. The molecule has 2 rings (SSSR count). The fourth-order valence-electron chi connectivity index (χ4n) is 2.40. The molecule has 0 saturated carbocycles. The van der Waals surface area contributed by atoms with Crippen molar-refractivity contribution in [1.29, 1.82) is 0 Å². The summed E-state index contributed by atoms with van der Waals surface area (Å²) in [5.74, 6) is -0.741. The van der Waals surface area contributed by atoms with Crippen molar-refractivity contribution in [3.63, 3.8) is 0 Å². The lowest BCUT2D eigenvalue weighted by Gasteiger charge is -2.13. The predicted octanol–water partition coefficient (Wildman–Crippen LogP) is 3.65. The molecule has 0 atom stereocenters. The van der Waals surface area contributed by atoms with Gasteiger partial charge in [0.05, 0.1) is 16.5 Å². The molecule has 0 saturated heterocycles. The standard InChI is InChI=1S/C16H21NO4/c1-2-3-4-5-8-17-10-9-13(20)14-11(18)6-7-12(19)15(14)16(10)21/h6-7,9,17-21H,2-5,8H2,1H3. The molecule has 0 aliphatic rings. The van der Waals surface area contributed by atoms with Crippen LogP contribution in [0.5, 0.6) is 23.0 Å². The molecule has 0 radical (unpaired) electrons. The molecule has 2 aromatic rings. The van der Waals surface area contributed by atoms with Crippen LogP contribution >= 0.6 is 0 Å². The van der Waals surface area contributed by atoms with E-state index >= 15 is 0 Å². The molecule has 5 N–H and O–H groups in total. The average molecular weight is 291 g/mol. The van der Waals surface area contributed by atoms with Gasteiger partial charge in [0.25, 0.3) is 0 Å². The summed E-state index contributed by atoms with van der Waals surface area (Å²) in [7, 11) is 0. The van der Waals surface area contributed by atoms with Crippen LogP contribution in [0.1, 0.15) is 32.6 Å². The summed E-state index contributed by atoms with van der Waals surface area (Å²) in [5.41, 5.74) is 0.345. The van der Waals surface area contributed by atoms with Gasteiger partial charge in [-0.3, -0.25) is 0 Å². The van der Waals surface area contributed by atoms with Crippen LogP contribution in [0.25, 0.3) is 10.8 Å². The molecule has 5 nitrogen and oxygen atoms in total. The van der Waals surface area contributed by atoms with Crippen molar-refractivity contribution in [3.05, 3.63) is 18.2 Å². The molecule has 2 aromatic carbocycles. The molecule has 0 aliphatic heterocycles. The third-order valence-electron chi connectivity index (χ3n) is 3.54. The Morgan fingerprint density at radius 1 is 0.857 bits per heavy atom. The van der Waals surface area contributed by atoms with E-state index in [2.05, 4.69) is 12.2 Å². The van der Waals surface area contributed by atoms with E-state index in [4.69, 9.17) is 0 Å². The number of aromatic hydroxyl groups is 4. The number of phenols is 4. The van der Waals surface area contributed by atoms with Crippen LogP contribution in [0.2, 0.25) is 0 Å². The van der Waals surface area contributed by atoms with Crippen LogP contribution in [0, 0.1) is 0 Å². The van der Waals surface area contributed by atoms with E-state index in [9.17, 15) is 20.4 Å². The minimum Gasteiger partial charge on any atom is -0.507 e. The first-order valence-corrected chi connectivity index (χ1v) is 7.19. The van der Waals surface area contributed by atoms with Gasteiger partial charge in [-0.05, 0) is 18.6 Å². The molecular formula is C16H21NO4. The molecule has 0 amide bonds. The number of hydrogen-bond donors (Lipinski definition) is 5. The Kier molecular flexibility index (Phi) is 4.62. The maximum absolute atomic E-state index is 10.2. The smallest absolute Gasteiger partial charge is 0.150 e. The van der Waals surface area contributed by atoms with Crippen molar-refractivity contribution >= 4 is 16.5 Å². The molecule has 0 unspecified atom stereocenters. The minimum absolute atomic E-state index is 0.0454. The van der Waals surface area contributed by atoms with Gasteiger partial charge in [-0.1, -0.05) is 26.2 Å². The minimum atomic E-state index is -0.190. The van der Waals surface area contributed by atoms with Crippen LogP contribution in [0.3, 0.4) is 0 Å². The van der Waals surface area contributed by atoms with Gasteiger partial charge in [0.1, 0.15) is 17.2 Å². The third-order valence-corrected chi connectivity index (χ3v) is 3.54. The zero-order chi connectivity index (χ0) is 15.4. The number of fused-ring (bicyclic) bond motifs is 1. The largest absolute Gasteiger partial charge is 0.507 e. The SMILES string of the molecule is CCCCCCNc1cc(O)c2c(O)ccc(O)c2c1O. The number of unbranched alkanes of at least 4 members (excludes halogenated alkanes) is 3. The van der Waals surface area contributed by atoms with Crippen LogP contribution in [0.15, 0.2) is 18.2 Å². The second kappa shape index (κ2) is 6.43. The van der Waals surface area contributed by atoms with E-state index < -0.39 is 0 Å².